The highest BCUT2D eigenvalue weighted by molar-refractivity contribution is 6.33. The van der Waals surface area contributed by atoms with Gasteiger partial charge in [0.25, 0.3) is 5.91 Å². The lowest BCUT2D eigenvalue weighted by Gasteiger charge is -2.12. The first kappa shape index (κ1) is 23.2. The van der Waals surface area contributed by atoms with Gasteiger partial charge in [0.1, 0.15) is 17.8 Å². The first-order valence-electron chi connectivity index (χ1n) is 11.6. The van der Waals surface area contributed by atoms with Crippen LogP contribution in [0, 0.1) is 6.92 Å². The smallest absolute Gasteiger partial charge is 0.251 e. The molecule has 0 radical (unpaired) electrons. The summed E-state index contributed by atoms with van der Waals surface area (Å²) in [6.45, 7) is 8.36. The molecular formula is C26H27ClN6O2. The number of aryl methyl sites for hydroxylation is 1. The van der Waals surface area contributed by atoms with Crippen molar-refractivity contribution in [2.75, 3.05) is 0 Å². The van der Waals surface area contributed by atoms with E-state index in [9.17, 15) is 4.79 Å². The van der Waals surface area contributed by atoms with Crippen molar-refractivity contribution in [3.8, 4) is 17.3 Å². The van der Waals surface area contributed by atoms with Crippen LogP contribution in [-0.2, 0) is 6.54 Å². The number of nitrogens with one attached hydrogen (secondary N) is 1. The van der Waals surface area contributed by atoms with Gasteiger partial charge in [-0.3, -0.25) is 9.78 Å². The first-order chi connectivity index (χ1) is 16.7. The topological polar surface area (TPSA) is 94.8 Å². The van der Waals surface area contributed by atoms with Gasteiger partial charge in [0.15, 0.2) is 11.2 Å². The molecule has 1 aromatic carbocycles. The Hall–Kier alpha value is -3.52. The van der Waals surface area contributed by atoms with Crippen molar-refractivity contribution in [2.24, 2.45) is 0 Å². The van der Waals surface area contributed by atoms with Crippen LogP contribution in [0.1, 0.15) is 55.2 Å². The van der Waals surface area contributed by atoms with Gasteiger partial charge < -0.3 is 14.6 Å². The van der Waals surface area contributed by atoms with E-state index in [2.05, 4.69) is 27.2 Å². The fourth-order valence-electron chi connectivity index (χ4n) is 3.89. The Morgan fingerprint density at radius 2 is 2.00 bits per heavy atom. The number of rotatable bonds is 7. The summed E-state index contributed by atoms with van der Waals surface area (Å²) in [6.07, 6.45) is 5.24. The molecule has 4 aromatic rings. The van der Waals surface area contributed by atoms with E-state index in [1.54, 1.807) is 18.3 Å². The van der Waals surface area contributed by atoms with Crippen LogP contribution in [0.25, 0.3) is 22.6 Å². The lowest BCUT2D eigenvalue weighted by molar-refractivity contribution is 0.0943. The molecule has 0 saturated heterocycles. The molecule has 1 amide bonds. The van der Waals surface area contributed by atoms with E-state index in [0.717, 1.165) is 24.1 Å². The van der Waals surface area contributed by atoms with Crippen LogP contribution >= 0.6 is 11.6 Å². The largest absolute Gasteiger partial charge is 0.470 e. The normalized spacial score (nSPS) is 14.3. The highest BCUT2D eigenvalue weighted by atomic mass is 35.5. The number of amides is 1. The number of aromatic nitrogens is 5. The monoisotopic (exact) mass is 490 g/mol. The van der Waals surface area contributed by atoms with Gasteiger partial charge in [-0.05, 0) is 76.4 Å². The van der Waals surface area contributed by atoms with Crippen LogP contribution in [0.2, 0.25) is 5.02 Å². The van der Waals surface area contributed by atoms with Crippen molar-refractivity contribution in [1.29, 1.82) is 0 Å². The Kier molecular flexibility index (Phi) is 5.92. The number of hydrogen-bond acceptors (Lipinski definition) is 6. The molecule has 0 unspecified atom stereocenters. The number of nitrogens with zero attached hydrogens (tertiary/aromatic N) is 5. The third-order valence-electron chi connectivity index (χ3n) is 5.98. The average molecular weight is 491 g/mol. The maximum Gasteiger partial charge on any atom is 0.251 e. The number of fused-ring (bicyclic) bond motifs is 1. The van der Waals surface area contributed by atoms with Crippen LogP contribution < -0.4 is 10.1 Å². The van der Waals surface area contributed by atoms with E-state index in [1.807, 2.05) is 43.5 Å². The zero-order chi connectivity index (χ0) is 24.7. The third kappa shape index (κ3) is 4.84. The second-order valence-electron chi connectivity index (χ2n) is 9.57. The molecule has 1 fully saturated rings. The number of carbonyl (C=O) groups excluding carboxylic acids is 1. The Balaban J connectivity index is 1.63. The molecule has 1 aliphatic rings. The minimum atomic E-state index is -0.216. The Bertz CT molecular complexity index is 1430. The summed E-state index contributed by atoms with van der Waals surface area (Å²) in [4.78, 5) is 30.8. The fraction of sp³-hybridized carbons (Fsp3) is 0.346. The minimum Gasteiger partial charge on any atom is -0.470 e. The molecule has 180 valence electrons. The quantitative estimate of drug-likeness (QED) is 0.393. The van der Waals surface area contributed by atoms with E-state index < -0.39 is 0 Å². The molecule has 0 bridgehead atoms. The van der Waals surface area contributed by atoms with Crippen molar-refractivity contribution >= 4 is 28.7 Å². The summed E-state index contributed by atoms with van der Waals surface area (Å²) in [5.41, 5.74) is 4.13. The Labute approximate surface area is 208 Å². The number of hydrogen-bond donors (Lipinski definition) is 1. The molecule has 3 heterocycles. The number of halogens is 1. The zero-order valence-corrected chi connectivity index (χ0v) is 20.9. The summed E-state index contributed by atoms with van der Waals surface area (Å²) >= 11 is 6.71. The van der Waals surface area contributed by atoms with Gasteiger partial charge in [-0.2, -0.15) is 4.98 Å². The summed E-state index contributed by atoms with van der Waals surface area (Å²) in [5.74, 6) is 0.886. The average Bonchev–Trinajstić information content (AvgIpc) is 3.42. The van der Waals surface area contributed by atoms with Crippen LogP contribution in [0.5, 0.6) is 5.88 Å². The van der Waals surface area contributed by atoms with Crippen LogP contribution in [0.4, 0.5) is 0 Å². The Morgan fingerprint density at radius 1 is 1.20 bits per heavy atom. The molecule has 0 atom stereocenters. The van der Waals surface area contributed by atoms with E-state index in [4.69, 9.17) is 21.3 Å². The van der Waals surface area contributed by atoms with Gasteiger partial charge in [-0.25, -0.2) is 9.97 Å². The molecular weight excluding hydrogens is 464 g/mol. The first-order valence-corrected chi connectivity index (χ1v) is 12.0. The fourth-order valence-corrected chi connectivity index (χ4v) is 4.15. The third-order valence-corrected chi connectivity index (χ3v) is 6.29. The lowest BCUT2D eigenvalue weighted by Crippen LogP contribution is -2.30. The molecule has 0 spiro atoms. The standard InChI is InChI=1S/C26H27ClN6O2/c1-15(2)31-24(34)17-5-6-19(20(27)12-17)22-32-21-23(29-14-30-25(21)35-26(4)8-9-26)33(22)13-18-11-16(3)7-10-28-18/h5-7,10-12,14-15H,8-9,13H2,1-4H3,(H,31,34). The van der Waals surface area contributed by atoms with Crippen molar-refractivity contribution in [2.45, 2.75) is 58.7 Å². The summed E-state index contributed by atoms with van der Waals surface area (Å²) in [5, 5.41) is 3.31. The molecule has 3 aromatic heterocycles. The van der Waals surface area contributed by atoms with Gasteiger partial charge in [0, 0.05) is 23.4 Å². The number of ether oxygens (including phenoxy) is 1. The van der Waals surface area contributed by atoms with Crippen LogP contribution in [-0.4, -0.2) is 42.1 Å². The molecule has 1 saturated carbocycles. The highest BCUT2D eigenvalue weighted by Crippen LogP contribution is 2.41. The minimum absolute atomic E-state index is 0.0253. The Morgan fingerprint density at radius 3 is 2.69 bits per heavy atom. The maximum absolute atomic E-state index is 12.5. The second-order valence-corrected chi connectivity index (χ2v) is 9.98. The number of imidazole rings is 1. The van der Waals surface area contributed by atoms with Crippen LogP contribution in [0.15, 0.2) is 42.9 Å². The van der Waals surface area contributed by atoms with Crippen molar-refractivity contribution in [1.82, 2.24) is 29.8 Å². The molecule has 5 rings (SSSR count). The molecule has 0 aliphatic heterocycles. The molecule has 1 aliphatic carbocycles. The number of carbonyl (C=O) groups is 1. The maximum atomic E-state index is 12.5. The van der Waals surface area contributed by atoms with Gasteiger partial charge in [-0.1, -0.05) is 11.6 Å². The number of benzene rings is 1. The predicted molar refractivity (Wildman–Crippen MR) is 135 cm³/mol. The summed E-state index contributed by atoms with van der Waals surface area (Å²) < 4.78 is 8.16. The lowest BCUT2D eigenvalue weighted by atomic mass is 10.1. The van der Waals surface area contributed by atoms with Crippen molar-refractivity contribution in [3.63, 3.8) is 0 Å². The zero-order valence-electron chi connectivity index (χ0n) is 20.2. The van der Waals surface area contributed by atoms with Gasteiger partial charge in [0.2, 0.25) is 5.88 Å². The highest BCUT2D eigenvalue weighted by Gasteiger charge is 2.41. The van der Waals surface area contributed by atoms with E-state index in [1.165, 1.54) is 6.33 Å². The van der Waals surface area contributed by atoms with Crippen molar-refractivity contribution in [3.05, 3.63) is 64.7 Å². The van der Waals surface area contributed by atoms with E-state index >= 15 is 0 Å². The van der Waals surface area contributed by atoms with Crippen LogP contribution in [0.3, 0.4) is 0 Å². The molecule has 8 nitrogen and oxygen atoms in total. The van der Waals surface area contributed by atoms with Crippen molar-refractivity contribution < 1.29 is 9.53 Å². The summed E-state index contributed by atoms with van der Waals surface area (Å²) in [7, 11) is 0. The number of pyridine rings is 1. The molecule has 35 heavy (non-hydrogen) atoms. The van der Waals surface area contributed by atoms with Gasteiger partial charge in [-0.15, -0.1) is 0 Å². The van der Waals surface area contributed by atoms with E-state index in [0.29, 0.717) is 45.6 Å². The van der Waals surface area contributed by atoms with Gasteiger partial charge in [0.05, 0.1) is 17.3 Å². The SMILES string of the molecule is Cc1ccnc(Cn2c(-c3ccc(C(=O)NC(C)C)cc3Cl)nc3c(OC4(C)CC4)ncnc32)c1. The van der Waals surface area contributed by atoms with E-state index in [-0.39, 0.29) is 17.6 Å². The van der Waals surface area contributed by atoms with Gasteiger partial charge >= 0.3 is 0 Å². The second kappa shape index (κ2) is 8.92. The molecule has 9 heteroatoms. The summed E-state index contributed by atoms with van der Waals surface area (Å²) in [6, 6.07) is 9.24. The predicted octanol–water partition coefficient (Wildman–Crippen LogP) is 4.97. The molecule has 1 N–H and O–H groups in total.